The van der Waals surface area contributed by atoms with Gasteiger partial charge in [-0.1, -0.05) is 60.7 Å². The van der Waals surface area contributed by atoms with Crippen LogP contribution in [0, 0.1) is 20.8 Å². The van der Waals surface area contributed by atoms with Crippen molar-refractivity contribution in [3.8, 4) is 0 Å². The van der Waals surface area contributed by atoms with Crippen LogP contribution in [0.1, 0.15) is 49.1 Å². The molecule has 2 N–H and O–H groups in total. The van der Waals surface area contributed by atoms with Crippen LogP contribution < -0.4 is 10.9 Å². The van der Waals surface area contributed by atoms with E-state index in [-0.39, 0.29) is 11.5 Å². The highest BCUT2D eigenvalue weighted by Gasteiger charge is 2.20. The summed E-state index contributed by atoms with van der Waals surface area (Å²) in [6.45, 7) is 6.82. The summed E-state index contributed by atoms with van der Waals surface area (Å²) in [6.07, 6.45) is 0.524. The summed E-state index contributed by atoms with van der Waals surface area (Å²) in [6, 6.07) is 20.0. The molecule has 0 atom stereocenters. The molecule has 1 amide bonds. The highest BCUT2D eigenvalue weighted by Crippen LogP contribution is 2.27. The number of amides is 1. The lowest BCUT2D eigenvalue weighted by Crippen LogP contribution is -2.23. The van der Waals surface area contributed by atoms with Crippen molar-refractivity contribution in [3.63, 3.8) is 0 Å². The molecule has 0 aliphatic heterocycles. The molecule has 0 saturated carbocycles. The van der Waals surface area contributed by atoms with Crippen molar-refractivity contribution in [1.82, 2.24) is 25.1 Å². The zero-order chi connectivity index (χ0) is 25.2. The predicted octanol–water partition coefficient (Wildman–Crippen LogP) is 4.68. The van der Waals surface area contributed by atoms with Gasteiger partial charge >= 0.3 is 0 Å². The molecule has 0 radical (unpaired) electrons. The number of carbonyl (C=O) groups is 1. The minimum absolute atomic E-state index is 0.214. The Morgan fingerprint density at radius 3 is 2.36 bits per heavy atom. The quantitative estimate of drug-likeness (QED) is 0.342. The molecule has 0 bridgehead atoms. The first-order chi connectivity index (χ1) is 17.4. The topological polar surface area (TPSA) is 92.7 Å². The Morgan fingerprint density at radius 1 is 1.00 bits per heavy atom. The summed E-state index contributed by atoms with van der Waals surface area (Å²) in [5.41, 5.74) is 5.58. The average molecular weight is 498 g/mol. The van der Waals surface area contributed by atoms with Gasteiger partial charge in [-0.25, -0.2) is 4.98 Å². The summed E-state index contributed by atoms with van der Waals surface area (Å²) in [7, 11) is 0. The van der Waals surface area contributed by atoms with Crippen molar-refractivity contribution >= 4 is 27.5 Å². The van der Waals surface area contributed by atoms with Crippen molar-refractivity contribution in [2.45, 2.75) is 40.3 Å². The fourth-order valence-corrected chi connectivity index (χ4v) is 5.54. The molecule has 0 aliphatic carbocycles. The van der Waals surface area contributed by atoms with E-state index >= 15 is 0 Å². The molecule has 3 aromatic heterocycles. The molecule has 2 aromatic carbocycles. The number of thiophene rings is 1. The lowest BCUT2D eigenvalue weighted by Gasteiger charge is -2.07. The number of nitrogens with one attached hydrogen (secondary N) is 2. The normalized spacial score (nSPS) is 11.2. The average Bonchev–Trinajstić information content (AvgIpc) is 3.34. The fraction of sp³-hybridized carbons (Fsp3) is 0.214. The molecule has 8 heteroatoms. The fourth-order valence-electron chi connectivity index (χ4n) is 4.43. The highest BCUT2D eigenvalue weighted by molar-refractivity contribution is 7.20. The zero-order valence-electron chi connectivity index (χ0n) is 20.5. The first-order valence-corrected chi connectivity index (χ1v) is 12.6. The SMILES string of the molecule is Cc1nn(Cc2ccccc2)c(C)c1CNC(=O)c1sc2nc(Cc3ccccc3)[nH]c(=O)c2c1C. The first-order valence-electron chi connectivity index (χ1n) is 11.8. The molecule has 0 saturated heterocycles. The number of benzene rings is 2. The number of aryl methyl sites for hydroxylation is 2. The molecular formula is C28H27N5O2S. The van der Waals surface area contributed by atoms with E-state index < -0.39 is 0 Å². The number of hydrogen-bond donors (Lipinski definition) is 2. The van der Waals surface area contributed by atoms with Crippen molar-refractivity contribution in [2.24, 2.45) is 0 Å². The monoisotopic (exact) mass is 497 g/mol. The number of aromatic nitrogens is 4. The molecule has 7 nitrogen and oxygen atoms in total. The minimum atomic E-state index is -0.215. The molecule has 0 aliphatic rings. The van der Waals surface area contributed by atoms with Crippen LogP contribution in [-0.4, -0.2) is 25.7 Å². The highest BCUT2D eigenvalue weighted by atomic mass is 32.1. The molecule has 36 heavy (non-hydrogen) atoms. The lowest BCUT2D eigenvalue weighted by atomic mass is 10.1. The van der Waals surface area contributed by atoms with E-state index in [0.717, 1.165) is 22.5 Å². The lowest BCUT2D eigenvalue weighted by molar-refractivity contribution is 0.0954. The maximum atomic E-state index is 13.1. The number of hydrogen-bond acceptors (Lipinski definition) is 5. The van der Waals surface area contributed by atoms with E-state index in [2.05, 4.69) is 32.5 Å². The maximum Gasteiger partial charge on any atom is 0.261 e. The Morgan fingerprint density at radius 2 is 1.67 bits per heavy atom. The summed E-state index contributed by atoms with van der Waals surface area (Å²) >= 11 is 1.26. The molecular weight excluding hydrogens is 470 g/mol. The van der Waals surface area contributed by atoms with E-state index in [0.29, 0.717) is 46.0 Å². The standard InChI is InChI=1S/C28H27N5O2S/c1-17-24-26(34)30-23(14-20-10-6-4-7-11-20)31-28(24)36-25(17)27(35)29-15-22-18(2)32-33(19(22)3)16-21-12-8-5-9-13-21/h4-13H,14-16H2,1-3H3,(H,29,35)(H,30,31,34). The van der Waals surface area contributed by atoms with Crippen LogP contribution >= 0.6 is 11.3 Å². The number of nitrogens with zero attached hydrogens (tertiary/aromatic N) is 3. The van der Waals surface area contributed by atoms with Gasteiger partial charge in [0.15, 0.2) is 0 Å². The van der Waals surface area contributed by atoms with Crippen LogP contribution in [0.15, 0.2) is 65.5 Å². The Balaban J connectivity index is 1.35. The maximum absolute atomic E-state index is 13.1. The molecule has 0 fully saturated rings. The smallest absolute Gasteiger partial charge is 0.261 e. The minimum Gasteiger partial charge on any atom is -0.347 e. The van der Waals surface area contributed by atoms with Gasteiger partial charge in [-0.15, -0.1) is 11.3 Å². The predicted molar refractivity (Wildman–Crippen MR) is 143 cm³/mol. The van der Waals surface area contributed by atoms with Crippen molar-refractivity contribution < 1.29 is 4.79 Å². The Bertz CT molecular complexity index is 1600. The van der Waals surface area contributed by atoms with Crippen LogP contribution in [0.5, 0.6) is 0 Å². The van der Waals surface area contributed by atoms with Gasteiger partial charge in [-0.05, 0) is 37.5 Å². The number of fused-ring (bicyclic) bond motifs is 1. The number of H-pyrrole nitrogens is 1. The molecule has 5 rings (SSSR count). The number of rotatable bonds is 7. The van der Waals surface area contributed by atoms with E-state index in [1.165, 1.54) is 16.9 Å². The number of carbonyl (C=O) groups excluding carboxylic acids is 1. The largest absolute Gasteiger partial charge is 0.347 e. The van der Waals surface area contributed by atoms with E-state index in [1.807, 2.05) is 67.1 Å². The van der Waals surface area contributed by atoms with Crippen molar-refractivity contribution in [3.05, 3.63) is 115 Å². The third-order valence-electron chi connectivity index (χ3n) is 6.40. The second kappa shape index (κ2) is 9.91. The summed E-state index contributed by atoms with van der Waals surface area (Å²) < 4.78 is 1.97. The third kappa shape index (κ3) is 4.72. The van der Waals surface area contributed by atoms with Crippen LogP contribution in [0.3, 0.4) is 0 Å². The van der Waals surface area contributed by atoms with Gasteiger partial charge in [-0.2, -0.15) is 5.10 Å². The van der Waals surface area contributed by atoms with Crippen LogP contribution in [0.25, 0.3) is 10.2 Å². The summed E-state index contributed by atoms with van der Waals surface area (Å²) in [4.78, 5) is 34.6. The van der Waals surface area contributed by atoms with Crippen LogP contribution in [0.4, 0.5) is 0 Å². The van der Waals surface area contributed by atoms with E-state index in [1.54, 1.807) is 6.92 Å². The molecule has 182 valence electrons. The Kier molecular flexibility index (Phi) is 6.52. The second-order valence-electron chi connectivity index (χ2n) is 8.89. The third-order valence-corrected chi connectivity index (χ3v) is 7.59. The Hall–Kier alpha value is -4.04. The zero-order valence-corrected chi connectivity index (χ0v) is 21.3. The summed E-state index contributed by atoms with van der Waals surface area (Å²) in [5, 5.41) is 8.18. The molecule has 3 heterocycles. The molecule has 5 aromatic rings. The van der Waals surface area contributed by atoms with E-state index in [4.69, 9.17) is 0 Å². The van der Waals surface area contributed by atoms with Gasteiger partial charge in [-0.3, -0.25) is 14.3 Å². The van der Waals surface area contributed by atoms with Crippen LogP contribution in [-0.2, 0) is 19.5 Å². The van der Waals surface area contributed by atoms with Gasteiger partial charge in [0.2, 0.25) is 0 Å². The van der Waals surface area contributed by atoms with E-state index in [9.17, 15) is 9.59 Å². The van der Waals surface area contributed by atoms with Gasteiger partial charge < -0.3 is 10.3 Å². The number of aromatic amines is 1. The Labute approximate surface area is 212 Å². The van der Waals surface area contributed by atoms with Gasteiger partial charge in [0.05, 0.1) is 22.5 Å². The first kappa shape index (κ1) is 23.7. The molecule has 0 unspecified atom stereocenters. The van der Waals surface area contributed by atoms with Crippen molar-refractivity contribution in [2.75, 3.05) is 0 Å². The van der Waals surface area contributed by atoms with Gasteiger partial charge in [0, 0.05) is 24.2 Å². The van der Waals surface area contributed by atoms with Crippen molar-refractivity contribution in [1.29, 1.82) is 0 Å². The van der Waals surface area contributed by atoms with Gasteiger partial charge in [0.25, 0.3) is 11.5 Å². The molecule has 0 spiro atoms. The van der Waals surface area contributed by atoms with Gasteiger partial charge in [0.1, 0.15) is 10.7 Å². The summed E-state index contributed by atoms with van der Waals surface area (Å²) in [5.74, 6) is 0.373. The van der Waals surface area contributed by atoms with Crippen LogP contribution in [0.2, 0.25) is 0 Å². The second-order valence-corrected chi connectivity index (χ2v) is 9.89.